The van der Waals surface area contributed by atoms with Crippen LogP contribution in [0.2, 0.25) is 0 Å². The second kappa shape index (κ2) is 5.51. The quantitative estimate of drug-likeness (QED) is 0.755. The molecule has 0 unspecified atom stereocenters. The van der Waals surface area contributed by atoms with Crippen molar-refractivity contribution in [1.29, 1.82) is 0 Å². The molecule has 118 valence electrons. The van der Waals surface area contributed by atoms with Gasteiger partial charge in [-0.3, -0.25) is 4.79 Å². The van der Waals surface area contributed by atoms with E-state index in [4.69, 9.17) is 4.74 Å². The molecule has 0 spiro atoms. The molecule has 2 N–H and O–H groups in total. The molecular weight excluding hydrogens is 294 g/mol. The highest BCUT2D eigenvalue weighted by molar-refractivity contribution is 5.97. The second-order valence-corrected chi connectivity index (χ2v) is 5.68. The highest BCUT2D eigenvalue weighted by atomic mass is 16.5. The predicted molar refractivity (Wildman–Crippen MR) is 84.0 cm³/mol. The fourth-order valence-electron chi connectivity index (χ4n) is 2.91. The van der Waals surface area contributed by atoms with Gasteiger partial charge in [0.25, 0.3) is 5.91 Å². The molecule has 1 amide bonds. The number of nitrogens with zero attached hydrogens (tertiary/aromatic N) is 3. The highest BCUT2D eigenvalue weighted by Gasteiger charge is 2.31. The van der Waals surface area contributed by atoms with Crippen LogP contribution in [0.3, 0.4) is 0 Å². The van der Waals surface area contributed by atoms with Gasteiger partial charge in [0.2, 0.25) is 0 Å². The highest BCUT2D eigenvalue weighted by Crippen LogP contribution is 2.24. The van der Waals surface area contributed by atoms with Crippen LogP contribution in [-0.2, 0) is 4.74 Å². The van der Waals surface area contributed by atoms with Gasteiger partial charge in [-0.05, 0) is 25.1 Å². The Morgan fingerprint density at radius 2 is 2.30 bits per heavy atom. The van der Waals surface area contributed by atoms with Crippen LogP contribution in [0.15, 0.2) is 30.7 Å². The Bertz CT molecular complexity index is 853. The first-order chi connectivity index (χ1) is 11.2. The molecule has 1 aliphatic rings. The molecule has 3 heterocycles. The second-order valence-electron chi connectivity index (χ2n) is 5.68. The number of aromatic amines is 2. The maximum atomic E-state index is 13.0. The lowest BCUT2D eigenvalue weighted by Crippen LogP contribution is -2.43. The maximum absolute atomic E-state index is 13.0. The number of imidazole rings is 2. The van der Waals surface area contributed by atoms with E-state index in [1.54, 1.807) is 12.5 Å². The molecule has 7 nitrogen and oxygen atoms in total. The van der Waals surface area contributed by atoms with Crippen LogP contribution in [0.4, 0.5) is 0 Å². The van der Waals surface area contributed by atoms with E-state index < -0.39 is 0 Å². The van der Waals surface area contributed by atoms with E-state index in [1.165, 1.54) is 0 Å². The van der Waals surface area contributed by atoms with Crippen LogP contribution in [0.5, 0.6) is 0 Å². The van der Waals surface area contributed by atoms with Gasteiger partial charge in [0.1, 0.15) is 11.9 Å². The van der Waals surface area contributed by atoms with E-state index in [9.17, 15) is 4.79 Å². The number of hydrogen-bond acceptors (Lipinski definition) is 4. The van der Waals surface area contributed by atoms with E-state index in [2.05, 4.69) is 19.9 Å². The van der Waals surface area contributed by atoms with Crippen molar-refractivity contribution in [1.82, 2.24) is 24.8 Å². The van der Waals surface area contributed by atoms with Gasteiger partial charge in [-0.1, -0.05) is 0 Å². The number of aryl methyl sites for hydroxylation is 1. The van der Waals surface area contributed by atoms with Crippen LogP contribution in [0.25, 0.3) is 11.0 Å². The fourth-order valence-corrected chi connectivity index (χ4v) is 2.91. The Balaban J connectivity index is 1.66. The third-order valence-electron chi connectivity index (χ3n) is 4.09. The van der Waals surface area contributed by atoms with Crippen molar-refractivity contribution in [2.45, 2.75) is 13.0 Å². The van der Waals surface area contributed by atoms with Gasteiger partial charge in [0.05, 0.1) is 30.6 Å². The predicted octanol–water partition coefficient (Wildman–Crippen LogP) is 1.81. The third-order valence-corrected chi connectivity index (χ3v) is 4.09. The number of carbonyl (C=O) groups excluding carboxylic acids is 1. The van der Waals surface area contributed by atoms with E-state index in [1.807, 2.05) is 30.0 Å². The number of carbonyl (C=O) groups is 1. The minimum absolute atomic E-state index is 0.0242. The Kier molecular flexibility index (Phi) is 3.34. The summed E-state index contributed by atoms with van der Waals surface area (Å²) in [4.78, 5) is 29.6. The number of rotatable bonds is 2. The van der Waals surface area contributed by atoms with Crippen molar-refractivity contribution in [3.05, 3.63) is 47.8 Å². The Morgan fingerprint density at radius 1 is 1.39 bits per heavy atom. The minimum atomic E-state index is -0.192. The molecule has 23 heavy (non-hydrogen) atoms. The molecule has 1 saturated heterocycles. The zero-order valence-electron chi connectivity index (χ0n) is 12.7. The number of benzene rings is 1. The molecule has 7 heteroatoms. The number of H-pyrrole nitrogens is 2. The summed E-state index contributed by atoms with van der Waals surface area (Å²) in [6.07, 6.45) is 3.39. The van der Waals surface area contributed by atoms with Gasteiger partial charge in [-0.2, -0.15) is 0 Å². The molecular formula is C16H17N5O2. The fraction of sp³-hybridized carbons (Fsp3) is 0.312. The van der Waals surface area contributed by atoms with Crippen LogP contribution >= 0.6 is 0 Å². The SMILES string of the molecule is Cc1cnc([C@H]2COCCN2C(=O)c2ccc3nc[nH]c3c2)[nH]1. The van der Waals surface area contributed by atoms with Crippen molar-refractivity contribution < 1.29 is 9.53 Å². The number of amides is 1. The normalized spacial score (nSPS) is 18.5. The van der Waals surface area contributed by atoms with Gasteiger partial charge in [-0.25, -0.2) is 9.97 Å². The van der Waals surface area contributed by atoms with Gasteiger partial charge in [0, 0.05) is 24.0 Å². The number of nitrogens with one attached hydrogen (secondary N) is 2. The van der Waals surface area contributed by atoms with Gasteiger partial charge in [0.15, 0.2) is 0 Å². The monoisotopic (exact) mass is 311 g/mol. The molecule has 1 atom stereocenters. The summed E-state index contributed by atoms with van der Waals surface area (Å²) in [7, 11) is 0. The van der Waals surface area contributed by atoms with Gasteiger partial charge >= 0.3 is 0 Å². The molecule has 1 aromatic carbocycles. The molecule has 2 aromatic heterocycles. The number of fused-ring (bicyclic) bond motifs is 1. The first kappa shape index (κ1) is 14.0. The van der Waals surface area contributed by atoms with Gasteiger partial charge < -0.3 is 19.6 Å². The summed E-state index contributed by atoms with van der Waals surface area (Å²) in [6.45, 7) is 3.47. The number of aromatic nitrogens is 4. The van der Waals surface area contributed by atoms with E-state index in [-0.39, 0.29) is 11.9 Å². The number of hydrogen-bond donors (Lipinski definition) is 2. The Labute approximate surface area is 132 Å². The summed E-state index contributed by atoms with van der Waals surface area (Å²) in [6, 6.07) is 5.31. The standard InChI is InChI=1S/C16H17N5O2/c1-10-7-17-15(20-10)14-8-23-5-4-21(14)16(22)11-2-3-12-13(6-11)19-9-18-12/h2-3,6-7,9,14H,4-5,8H2,1H3,(H,17,20)(H,18,19)/t14-/m1/s1. The summed E-state index contributed by atoms with van der Waals surface area (Å²) < 4.78 is 5.55. The zero-order chi connectivity index (χ0) is 15.8. The lowest BCUT2D eigenvalue weighted by molar-refractivity contribution is -0.00500. The summed E-state index contributed by atoms with van der Waals surface area (Å²) in [5.41, 5.74) is 3.31. The van der Waals surface area contributed by atoms with E-state index in [0.717, 1.165) is 22.6 Å². The van der Waals surface area contributed by atoms with Crippen molar-refractivity contribution in [2.24, 2.45) is 0 Å². The van der Waals surface area contributed by atoms with Crippen LogP contribution in [-0.4, -0.2) is 50.5 Å². The van der Waals surface area contributed by atoms with Gasteiger partial charge in [-0.15, -0.1) is 0 Å². The van der Waals surface area contributed by atoms with Crippen LogP contribution in [0, 0.1) is 6.92 Å². The summed E-state index contributed by atoms with van der Waals surface area (Å²) in [5.74, 6) is 0.738. The molecule has 0 aliphatic carbocycles. The average molecular weight is 311 g/mol. The molecule has 1 fully saturated rings. The lowest BCUT2D eigenvalue weighted by Gasteiger charge is -2.34. The summed E-state index contributed by atoms with van der Waals surface area (Å²) >= 11 is 0. The topological polar surface area (TPSA) is 86.9 Å². The Hall–Kier alpha value is -2.67. The molecule has 4 rings (SSSR count). The number of ether oxygens (including phenoxy) is 1. The average Bonchev–Trinajstić information content (AvgIpc) is 3.22. The lowest BCUT2D eigenvalue weighted by atomic mass is 10.1. The van der Waals surface area contributed by atoms with E-state index >= 15 is 0 Å². The molecule has 0 bridgehead atoms. The Morgan fingerprint density at radius 3 is 3.13 bits per heavy atom. The minimum Gasteiger partial charge on any atom is -0.377 e. The molecule has 1 aliphatic heterocycles. The van der Waals surface area contributed by atoms with Crippen molar-refractivity contribution in [3.63, 3.8) is 0 Å². The molecule has 3 aromatic rings. The van der Waals surface area contributed by atoms with Crippen molar-refractivity contribution >= 4 is 16.9 Å². The molecule has 0 radical (unpaired) electrons. The zero-order valence-corrected chi connectivity index (χ0v) is 12.7. The first-order valence-corrected chi connectivity index (χ1v) is 7.56. The largest absolute Gasteiger partial charge is 0.377 e. The van der Waals surface area contributed by atoms with E-state index in [0.29, 0.717) is 25.3 Å². The third kappa shape index (κ3) is 2.49. The molecule has 0 saturated carbocycles. The van der Waals surface area contributed by atoms with Crippen molar-refractivity contribution in [2.75, 3.05) is 19.8 Å². The summed E-state index contributed by atoms with van der Waals surface area (Å²) in [5, 5.41) is 0. The smallest absolute Gasteiger partial charge is 0.254 e. The van der Waals surface area contributed by atoms with Crippen LogP contribution < -0.4 is 0 Å². The first-order valence-electron chi connectivity index (χ1n) is 7.56. The number of morpholine rings is 1. The van der Waals surface area contributed by atoms with Crippen molar-refractivity contribution in [3.8, 4) is 0 Å². The maximum Gasteiger partial charge on any atom is 0.254 e. The van der Waals surface area contributed by atoms with Crippen LogP contribution in [0.1, 0.15) is 27.9 Å².